The highest BCUT2D eigenvalue weighted by molar-refractivity contribution is 5.94. The lowest BCUT2D eigenvalue weighted by Gasteiger charge is -2.21. The lowest BCUT2D eigenvalue weighted by molar-refractivity contribution is 0.415. The van der Waals surface area contributed by atoms with E-state index >= 15 is 0 Å². The molecule has 0 aliphatic heterocycles. The largest absolute Gasteiger partial charge is 0.497 e. The summed E-state index contributed by atoms with van der Waals surface area (Å²) in [5, 5.41) is 16.5. The summed E-state index contributed by atoms with van der Waals surface area (Å²) in [7, 11) is 3.51. The van der Waals surface area contributed by atoms with Crippen LogP contribution in [0.4, 0.5) is 11.5 Å². The normalized spacial score (nSPS) is 10.5. The number of hydrogen-bond donors (Lipinski definition) is 2. The highest BCUT2D eigenvalue weighted by Crippen LogP contribution is 2.29. The number of benzene rings is 2. The molecule has 23 heavy (non-hydrogen) atoms. The molecule has 0 aliphatic rings. The number of rotatable bonds is 4. The van der Waals surface area contributed by atoms with Crippen molar-refractivity contribution in [3.63, 3.8) is 0 Å². The topological polar surface area (TPSA) is 78.0 Å². The molecular formula is C17H17N5O. The van der Waals surface area contributed by atoms with Crippen molar-refractivity contribution in [1.82, 2.24) is 9.55 Å². The predicted molar refractivity (Wildman–Crippen MR) is 90.8 cm³/mol. The van der Waals surface area contributed by atoms with Crippen molar-refractivity contribution in [2.75, 3.05) is 19.1 Å². The average molecular weight is 307 g/mol. The van der Waals surface area contributed by atoms with Crippen LogP contribution in [0, 0.1) is 10.8 Å². The van der Waals surface area contributed by atoms with Crippen LogP contribution in [-0.4, -0.2) is 30.0 Å². The Hall–Kier alpha value is -3.15. The molecule has 0 fully saturated rings. The summed E-state index contributed by atoms with van der Waals surface area (Å²) in [6.45, 7) is 0. The van der Waals surface area contributed by atoms with Crippen LogP contribution in [0.2, 0.25) is 0 Å². The van der Waals surface area contributed by atoms with E-state index in [2.05, 4.69) is 4.98 Å². The van der Waals surface area contributed by atoms with E-state index in [0.717, 1.165) is 17.4 Å². The van der Waals surface area contributed by atoms with Gasteiger partial charge in [0.25, 0.3) is 0 Å². The minimum Gasteiger partial charge on any atom is -0.497 e. The zero-order valence-corrected chi connectivity index (χ0v) is 12.9. The number of methoxy groups -OCH3 is 1. The first-order valence-corrected chi connectivity index (χ1v) is 7.10. The summed E-state index contributed by atoms with van der Waals surface area (Å²) in [4.78, 5) is 6.30. The van der Waals surface area contributed by atoms with Gasteiger partial charge in [-0.2, -0.15) is 4.98 Å². The molecule has 0 aliphatic carbocycles. The number of nitrogens with one attached hydrogen (secondary N) is 2. The molecular weight excluding hydrogens is 290 g/mol. The molecule has 0 bridgehead atoms. The third-order valence-corrected chi connectivity index (χ3v) is 3.74. The van der Waals surface area contributed by atoms with Crippen LogP contribution >= 0.6 is 0 Å². The standard InChI is InChI=1S/C17H17N5O/c1-21(12-6-4-3-5-7-12)16-14-9-8-13(23-2)10-15(14)22(11-18)17(19)20-16/h3-11,18-19H,1-2H3. The van der Waals surface area contributed by atoms with Crippen LogP contribution in [0.1, 0.15) is 0 Å². The molecule has 116 valence electrons. The van der Waals surface area contributed by atoms with Gasteiger partial charge in [0, 0.05) is 24.2 Å². The predicted octanol–water partition coefficient (Wildman–Crippen LogP) is 2.75. The Bertz CT molecular complexity index is 917. The van der Waals surface area contributed by atoms with Gasteiger partial charge in [0.05, 0.1) is 19.0 Å². The number of nitrogens with zero attached hydrogens (tertiary/aromatic N) is 3. The van der Waals surface area contributed by atoms with E-state index < -0.39 is 0 Å². The van der Waals surface area contributed by atoms with E-state index in [1.807, 2.05) is 60.5 Å². The second-order valence-corrected chi connectivity index (χ2v) is 5.04. The first-order chi connectivity index (χ1) is 11.2. The van der Waals surface area contributed by atoms with Gasteiger partial charge in [-0.1, -0.05) is 18.2 Å². The maximum atomic E-state index is 8.11. The molecule has 3 aromatic rings. The Kier molecular flexibility index (Phi) is 3.80. The highest BCUT2D eigenvalue weighted by atomic mass is 16.5. The van der Waals surface area contributed by atoms with Crippen molar-refractivity contribution in [2.24, 2.45) is 0 Å². The molecule has 6 nitrogen and oxygen atoms in total. The van der Waals surface area contributed by atoms with Crippen LogP contribution in [0.25, 0.3) is 10.9 Å². The maximum absolute atomic E-state index is 8.11. The van der Waals surface area contributed by atoms with Crippen LogP contribution in [0.3, 0.4) is 0 Å². The zero-order valence-electron chi connectivity index (χ0n) is 12.9. The number of hydrogen-bond acceptors (Lipinski definition) is 5. The number of fused-ring (bicyclic) bond motifs is 1. The summed E-state index contributed by atoms with van der Waals surface area (Å²) in [5.74, 6) is 1.34. The number of anilines is 2. The van der Waals surface area contributed by atoms with Crippen LogP contribution < -0.4 is 15.3 Å². The molecule has 0 saturated carbocycles. The van der Waals surface area contributed by atoms with Gasteiger partial charge in [-0.05, 0) is 24.3 Å². The highest BCUT2D eigenvalue weighted by Gasteiger charge is 2.13. The second-order valence-electron chi connectivity index (χ2n) is 5.04. The fraction of sp³-hybridized carbons (Fsp3) is 0.118. The third-order valence-electron chi connectivity index (χ3n) is 3.74. The van der Waals surface area contributed by atoms with E-state index in [0.29, 0.717) is 17.1 Å². The molecule has 2 N–H and O–H groups in total. The van der Waals surface area contributed by atoms with Gasteiger partial charge in [0.15, 0.2) is 0 Å². The van der Waals surface area contributed by atoms with Crippen molar-refractivity contribution in [3.05, 3.63) is 54.1 Å². The zero-order chi connectivity index (χ0) is 16.4. The molecule has 0 saturated heterocycles. The minimum atomic E-state index is -0.00136. The van der Waals surface area contributed by atoms with Gasteiger partial charge in [-0.25, -0.2) is 0 Å². The fourth-order valence-electron chi connectivity index (χ4n) is 2.52. The van der Waals surface area contributed by atoms with Crippen molar-refractivity contribution in [2.45, 2.75) is 0 Å². The van der Waals surface area contributed by atoms with Gasteiger partial charge < -0.3 is 9.64 Å². The molecule has 3 rings (SSSR count). The Morgan fingerprint density at radius 1 is 1.17 bits per heavy atom. The smallest absolute Gasteiger partial charge is 0.229 e. The molecule has 0 atom stereocenters. The van der Waals surface area contributed by atoms with E-state index in [9.17, 15) is 0 Å². The lowest BCUT2D eigenvalue weighted by Crippen LogP contribution is -2.26. The van der Waals surface area contributed by atoms with E-state index in [4.69, 9.17) is 15.6 Å². The van der Waals surface area contributed by atoms with Gasteiger partial charge in [0.1, 0.15) is 11.6 Å². The second kappa shape index (κ2) is 5.92. The quantitative estimate of drug-likeness (QED) is 0.574. The van der Waals surface area contributed by atoms with Crippen molar-refractivity contribution in [3.8, 4) is 5.75 Å². The lowest BCUT2D eigenvalue weighted by atomic mass is 10.2. The average Bonchev–Trinajstić information content (AvgIpc) is 2.60. The van der Waals surface area contributed by atoms with Gasteiger partial charge in [-0.15, -0.1) is 0 Å². The molecule has 2 aromatic carbocycles. The van der Waals surface area contributed by atoms with Gasteiger partial charge >= 0.3 is 0 Å². The monoisotopic (exact) mass is 307 g/mol. The number of para-hydroxylation sites is 1. The molecule has 1 heterocycles. The number of aromatic nitrogens is 2. The Balaban J connectivity index is 2.30. The maximum Gasteiger partial charge on any atom is 0.229 e. The van der Waals surface area contributed by atoms with E-state index in [-0.39, 0.29) is 5.62 Å². The first-order valence-electron chi connectivity index (χ1n) is 7.10. The van der Waals surface area contributed by atoms with Gasteiger partial charge in [-0.3, -0.25) is 15.4 Å². The summed E-state index contributed by atoms with van der Waals surface area (Å²) in [6.07, 6.45) is 1.09. The summed E-state index contributed by atoms with van der Waals surface area (Å²) >= 11 is 0. The molecule has 1 aromatic heterocycles. The molecule has 6 heteroatoms. The van der Waals surface area contributed by atoms with Crippen molar-refractivity contribution < 1.29 is 4.74 Å². The number of ether oxygens (including phenoxy) is 1. The summed E-state index contributed by atoms with van der Waals surface area (Å²) in [6, 6.07) is 15.4. The summed E-state index contributed by atoms with van der Waals surface area (Å²) in [5.41, 5.74) is 1.68. The van der Waals surface area contributed by atoms with E-state index in [1.165, 1.54) is 4.57 Å². The van der Waals surface area contributed by atoms with E-state index in [1.54, 1.807) is 7.11 Å². The minimum absolute atomic E-state index is 0.00136. The Morgan fingerprint density at radius 3 is 2.57 bits per heavy atom. The summed E-state index contributed by atoms with van der Waals surface area (Å²) < 4.78 is 6.68. The molecule has 0 unspecified atom stereocenters. The first kappa shape index (κ1) is 14.8. The van der Waals surface area contributed by atoms with Crippen LogP contribution in [0.15, 0.2) is 48.5 Å². The third kappa shape index (κ3) is 2.55. The molecule has 0 amide bonds. The Labute approximate surface area is 133 Å². The van der Waals surface area contributed by atoms with Crippen molar-refractivity contribution >= 4 is 28.7 Å². The molecule has 0 radical (unpaired) electrons. The van der Waals surface area contributed by atoms with Crippen LogP contribution in [0.5, 0.6) is 5.75 Å². The fourth-order valence-corrected chi connectivity index (χ4v) is 2.52. The SMILES string of the molecule is COc1ccc2c(N(C)c3ccccc3)nc(=N)n(C=N)c2c1. The van der Waals surface area contributed by atoms with Crippen molar-refractivity contribution in [1.29, 1.82) is 10.8 Å². The Morgan fingerprint density at radius 2 is 1.91 bits per heavy atom. The van der Waals surface area contributed by atoms with Gasteiger partial charge in [0.2, 0.25) is 5.62 Å². The molecule has 0 spiro atoms. The van der Waals surface area contributed by atoms with Crippen LogP contribution in [-0.2, 0) is 0 Å².